The fourth-order valence-corrected chi connectivity index (χ4v) is 5.63. The molecule has 158 valence electrons. The van der Waals surface area contributed by atoms with E-state index in [1.54, 1.807) is 12.1 Å². The maximum Gasteiger partial charge on any atom is 0.245 e. The minimum Gasteiger partial charge on any atom is -0.359 e. The molecule has 28 heavy (non-hydrogen) atoms. The Bertz CT molecular complexity index is 754. The van der Waals surface area contributed by atoms with Crippen LogP contribution in [0.5, 0.6) is 0 Å². The summed E-state index contributed by atoms with van der Waals surface area (Å²) in [4.78, 5) is 19.0. The number of hydrogen-bond donors (Lipinski definition) is 1. The Morgan fingerprint density at radius 1 is 1.18 bits per heavy atom. The van der Waals surface area contributed by atoms with E-state index in [1.165, 1.54) is 10.5 Å². The van der Waals surface area contributed by atoms with E-state index < -0.39 is 16.1 Å². The summed E-state index contributed by atoms with van der Waals surface area (Å²) < 4.78 is 27.3. The number of carbonyl (C=O) groups is 1. The van der Waals surface area contributed by atoms with Gasteiger partial charge in [0, 0.05) is 30.9 Å². The van der Waals surface area contributed by atoms with Crippen molar-refractivity contribution in [1.82, 2.24) is 14.2 Å². The Morgan fingerprint density at radius 2 is 1.82 bits per heavy atom. The van der Waals surface area contributed by atoms with Crippen molar-refractivity contribution in [3.63, 3.8) is 0 Å². The van der Waals surface area contributed by atoms with Gasteiger partial charge in [-0.15, -0.1) is 0 Å². The first-order valence-corrected chi connectivity index (χ1v) is 11.6. The summed E-state index contributed by atoms with van der Waals surface area (Å²) in [6.07, 6.45) is 4.59. The summed E-state index contributed by atoms with van der Waals surface area (Å²) in [6, 6.07) is 2.71. The number of nitrogens with one attached hydrogen (secondary N) is 1. The molecule has 0 aliphatic carbocycles. The van der Waals surface area contributed by atoms with E-state index in [0.29, 0.717) is 5.82 Å². The van der Waals surface area contributed by atoms with Gasteiger partial charge in [-0.05, 0) is 72.9 Å². The van der Waals surface area contributed by atoms with Crippen LogP contribution < -0.4 is 5.32 Å². The van der Waals surface area contributed by atoms with Gasteiger partial charge in [-0.2, -0.15) is 4.31 Å². The molecule has 1 amide bonds. The van der Waals surface area contributed by atoms with Crippen LogP contribution in [-0.2, 0) is 14.8 Å². The molecule has 1 N–H and O–H groups in total. The first-order chi connectivity index (χ1) is 13.1. The van der Waals surface area contributed by atoms with Crippen molar-refractivity contribution >= 4 is 21.7 Å². The average Bonchev–Trinajstić information content (AvgIpc) is 2.61. The van der Waals surface area contributed by atoms with Crippen molar-refractivity contribution in [3.05, 3.63) is 18.3 Å². The maximum absolute atomic E-state index is 12.9. The number of likely N-dealkylation sites (tertiary alicyclic amines) is 1. The average molecular weight is 411 g/mol. The second kappa shape index (κ2) is 9.22. The third-order valence-corrected chi connectivity index (χ3v) is 7.39. The van der Waals surface area contributed by atoms with Gasteiger partial charge in [0.15, 0.2) is 0 Å². The molecule has 0 spiro atoms. The van der Waals surface area contributed by atoms with E-state index in [-0.39, 0.29) is 28.9 Å². The molecule has 0 aromatic carbocycles. The number of rotatable bonds is 7. The van der Waals surface area contributed by atoms with Crippen LogP contribution in [0.1, 0.15) is 60.8 Å². The standard InChI is InChI=1S/C20H34N4O3S/c1-14(2)24(15(3)4)28(26,27)18-10-11-19(21-13-18)22-17(6)20(25)23-12-8-7-9-16(23)5/h10-11,13-17H,7-9,12H2,1-6H3,(H,21,22). The Labute approximate surface area is 169 Å². The van der Waals surface area contributed by atoms with E-state index in [2.05, 4.69) is 17.2 Å². The van der Waals surface area contributed by atoms with E-state index in [9.17, 15) is 13.2 Å². The first kappa shape index (κ1) is 22.6. The molecule has 1 aliphatic heterocycles. The number of amides is 1. The first-order valence-electron chi connectivity index (χ1n) is 10.1. The highest BCUT2D eigenvalue weighted by Gasteiger charge is 2.30. The lowest BCUT2D eigenvalue weighted by Crippen LogP contribution is -2.48. The summed E-state index contributed by atoms with van der Waals surface area (Å²) >= 11 is 0. The lowest BCUT2D eigenvalue weighted by Gasteiger charge is -2.35. The summed E-state index contributed by atoms with van der Waals surface area (Å²) in [6.45, 7) is 12.1. The number of sulfonamides is 1. The van der Waals surface area contributed by atoms with Crippen molar-refractivity contribution < 1.29 is 13.2 Å². The van der Waals surface area contributed by atoms with Crippen LogP contribution in [0.4, 0.5) is 5.82 Å². The van der Waals surface area contributed by atoms with Gasteiger partial charge < -0.3 is 10.2 Å². The van der Waals surface area contributed by atoms with Crippen LogP contribution in [0.3, 0.4) is 0 Å². The number of pyridine rings is 1. The second-order valence-electron chi connectivity index (χ2n) is 8.14. The van der Waals surface area contributed by atoms with Gasteiger partial charge in [-0.1, -0.05) is 0 Å². The zero-order chi connectivity index (χ0) is 21.1. The van der Waals surface area contributed by atoms with Crippen molar-refractivity contribution in [2.24, 2.45) is 0 Å². The minimum absolute atomic E-state index is 0.0523. The Kier molecular flexibility index (Phi) is 7.45. The molecule has 1 aromatic rings. The quantitative estimate of drug-likeness (QED) is 0.747. The van der Waals surface area contributed by atoms with Crippen LogP contribution in [0, 0.1) is 0 Å². The highest BCUT2D eigenvalue weighted by Crippen LogP contribution is 2.22. The van der Waals surface area contributed by atoms with Crippen LogP contribution >= 0.6 is 0 Å². The van der Waals surface area contributed by atoms with E-state index in [0.717, 1.165) is 25.8 Å². The SMILES string of the molecule is CC(Nc1ccc(S(=O)(=O)N(C(C)C)C(C)C)cn1)C(=O)N1CCCCC1C. The Hall–Kier alpha value is -1.67. The number of carbonyl (C=O) groups excluding carboxylic acids is 1. The summed E-state index contributed by atoms with van der Waals surface area (Å²) in [5, 5.41) is 3.10. The lowest BCUT2D eigenvalue weighted by molar-refractivity contribution is -0.134. The second-order valence-corrected chi connectivity index (χ2v) is 9.99. The predicted octanol–water partition coefficient (Wildman–Crippen LogP) is 3.09. The van der Waals surface area contributed by atoms with Gasteiger partial charge in [-0.3, -0.25) is 4.79 Å². The normalized spacial score (nSPS) is 19.3. The van der Waals surface area contributed by atoms with Gasteiger partial charge in [-0.25, -0.2) is 13.4 Å². The predicted molar refractivity (Wildman–Crippen MR) is 112 cm³/mol. The Morgan fingerprint density at radius 3 is 2.32 bits per heavy atom. The van der Waals surface area contributed by atoms with E-state index in [1.807, 2.05) is 39.5 Å². The zero-order valence-corrected chi connectivity index (χ0v) is 18.7. The summed E-state index contributed by atoms with van der Waals surface area (Å²) in [5.74, 6) is 0.543. The van der Waals surface area contributed by atoms with E-state index in [4.69, 9.17) is 0 Å². The summed E-state index contributed by atoms with van der Waals surface area (Å²) in [7, 11) is -3.62. The molecule has 2 rings (SSSR count). The molecule has 2 unspecified atom stereocenters. The van der Waals surface area contributed by atoms with Gasteiger partial charge in [0.2, 0.25) is 15.9 Å². The smallest absolute Gasteiger partial charge is 0.245 e. The number of nitrogens with zero attached hydrogens (tertiary/aromatic N) is 3. The van der Waals surface area contributed by atoms with Gasteiger partial charge in [0.1, 0.15) is 16.8 Å². The van der Waals surface area contributed by atoms with Crippen molar-refractivity contribution in [2.75, 3.05) is 11.9 Å². The van der Waals surface area contributed by atoms with Crippen LogP contribution in [0.25, 0.3) is 0 Å². The van der Waals surface area contributed by atoms with Gasteiger partial charge in [0.25, 0.3) is 0 Å². The molecule has 1 aromatic heterocycles. The molecule has 1 aliphatic rings. The largest absolute Gasteiger partial charge is 0.359 e. The highest BCUT2D eigenvalue weighted by atomic mass is 32.2. The molecule has 0 saturated carbocycles. The molecule has 1 fully saturated rings. The minimum atomic E-state index is -3.62. The van der Waals surface area contributed by atoms with E-state index >= 15 is 0 Å². The number of hydrogen-bond acceptors (Lipinski definition) is 5. The number of aromatic nitrogens is 1. The van der Waals surface area contributed by atoms with Crippen LogP contribution in [-0.4, -0.2) is 59.2 Å². The lowest BCUT2D eigenvalue weighted by atomic mass is 10.0. The topological polar surface area (TPSA) is 82.6 Å². The molecule has 8 heteroatoms. The molecular formula is C20H34N4O3S. The molecule has 0 bridgehead atoms. The van der Waals surface area contributed by atoms with Crippen LogP contribution in [0.2, 0.25) is 0 Å². The van der Waals surface area contributed by atoms with Crippen molar-refractivity contribution in [2.45, 2.75) is 89.9 Å². The monoisotopic (exact) mass is 410 g/mol. The molecule has 2 heterocycles. The van der Waals surface area contributed by atoms with Gasteiger partial charge >= 0.3 is 0 Å². The molecular weight excluding hydrogens is 376 g/mol. The fraction of sp³-hybridized carbons (Fsp3) is 0.700. The van der Waals surface area contributed by atoms with Gasteiger partial charge in [0.05, 0.1) is 0 Å². The van der Waals surface area contributed by atoms with Crippen molar-refractivity contribution in [3.8, 4) is 0 Å². The highest BCUT2D eigenvalue weighted by molar-refractivity contribution is 7.89. The molecule has 1 saturated heterocycles. The van der Waals surface area contributed by atoms with Crippen LogP contribution in [0.15, 0.2) is 23.2 Å². The third kappa shape index (κ3) is 5.03. The fourth-order valence-electron chi connectivity index (χ4n) is 3.85. The Balaban J connectivity index is 2.10. The van der Waals surface area contributed by atoms with Crippen molar-refractivity contribution in [1.29, 1.82) is 0 Å². The number of anilines is 1. The maximum atomic E-state index is 12.9. The molecule has 2 atom stereocenters. The summed E-state index contributed by atoms with van der Waals surface area (Å²) in [5.41, 5.74) is 0. The third-order valence-electron chi connectivity index (χ3n) is 5.15. The zero-order valence-electron chi connectivity index (χ0n) is 17.8. The molecule has 0 radical (unpaired) electrons. The molecule has 7 nitrogen and oxygen atoms in total. The number of piperidine rings is 1.